The number of rotatable bonds is 4. The summed E-state index contributed by atoms with van der Waals surface area (Å²) in [6, 6.07) is 7.90. The number of amides is 1. The average Bonchev–Trinajstić information content (AvgIpc) is 2.89. The van der Waals surface area contributed by atoms with Gasteiger partial charge in [0.2, 0.25) is 15.9 Å². The summed E-state index contributed by atoms with van der Waals surface area (Å²) in [6.07, 6.45) is 0.341. The zero-order chi connectivity index (χ0) is 19.8. The molecule has 7 nitrogen and oxygen atoms in total. The number of aryl methyl sites for hydroxylation is 3. The molecule has 0 saturated carbocycles. The van der Waals surface area contributed by atoms with Gasteiger partial charge in [0.15, 0.2) is 0 Å². The van der Waals surface area contributed by atoms with Crippen LogP contribution in [0.15, 0.2) is 29.2 Å². The van der Waals surface area contributed by atoms with Gasteiger partial charge in [-0.15, -0.1) is 0 Å². The molecule has 0 bridgehead atoms. The van der Waals surface area contributed by atoms with Crippen LogP contribution in [-0.4, -0.2) is 59.5 Å². The van der Waals surface area contributed by atoms with E-state index in [2.05, 4.69) is 5.10 Å². The van der Waals surface area contributed by atoms with Crippen LogP contribution in [0.25, 0.3) is 0 Å². The summed E-state index contributed by atoms with van der Waals surface area (Å²) < 4.78 is 29.1. The molecule has 1 aromatic heterocycles. The molecule has 1 aliphatic heterocycles. The molecule has 0 spiro atoms. The second-order valence-corrected chi connectivity index (χ2v) is 8.95. The predicted octanol–water partition coefficient (Wildman–Crippen LogP) is 1.42. The first-order valence-electron chi connectivity index (χ1n) is 9.04. The van der Waals surface area contributed by atoms with Crippen LogP contribution in [0, 0.1) is 20.8 Å². The first-order valence-corrected chi connectivity index (χ1v) is 10.5. The lowest BCUT2D eigenvalue weighted by molar-refractivity contribution is -0.131. The normalized spacial score (nSPS) is 15.9. The minimum atomic E-state index is -3.60. The van der Waals surface area contributed by atoms with Gasteiger partial charge in [-0.25, -0.2) is 8.42 Å². The molecule has 27 heavy (non-hydrogen) atoms. The molecule has 2 heterocycles. The summed E-state index contributed by atoms with van der Waals surface area (Å²) in [7, 11) is -1.86. The van der Waals surface area contributed by atoms with Gasteiger partial charge in [0.1, 0.15) is 4.90 Å². The fourth-order valence-electron chi connectivity index (χ4n) is 3.43. The molecular weight excluding hydrogens is 364 g/mol. The highest BCUT2D eigenvalue weighted by Gasteiger charge is 2.33. The molecule has 1 amide bonds. The minimum absolute atomic E-state index is 0.0321. The first kappa shape index (κ1) is 19.6. The van der Waals surface area contributed by atoms with Crippen LogP contribution in [0.5, 0.6) is 0 Å². The first-order chi connectivity index (χ1) is 12.7. The fourth-order valence-corrected chi connectivity index (χ4v) is 5.25. The monoisotopic (exact) mass is 390 g/mol. The maximum atomic E-state index is 13.0. The van der Waals surface area contributed by atoms with Crippen molar-refractivity contribution in [1.82, 2.24) is 19.0 Å². The smallest absolute Gasteiger partial charge is 0.246 e. The van der Waals surface area contributed by atoms with Gasteiger partial charge in [0.05, 0.1) is 17.8 Å². The Morgan fingerprint density at radius 2 is 1.63 bits per heavy atom. The van der Waals surface area contributed by atoms with Gasteiger partial charge >= 0.3 is 0 Å². The Morgan fingerprint density at radius 3 is 2.15 bits per heavy atom. The zero-order valence-electron chi connectivity index (χ0n) is 16.3. The van der Waals surface area contributed by atoms with E-state index in [0.717, 1.165) is 11.1 Å². The van der Waals surface area contributed by atoms with Gasteiger partial charge in [-0.3, -0.25) is 9.48 Å². The number of benzene rings is 1. The summed E-state index contributed by atoms with van der Waals surface area (Å²) in [4.78, 5) is 14.6. The van der Waals surface area contributed by atoms with Crippen molar-refractivity contribution in [3.63, 3.8) is 0 Å². The van der Waals surface area contributed by atoms with Crippen LogP contribution in [0.1, 0.15) is 22.5 Å². The van der Waals surface area contributed by atoms with Crippen molar-refractivity contribution in [1.29, 1.82) is 0 Å². The highest BCUT2D eigenvalue weighted by atomic mass is 32.2. The molecule has 0 N–H and O–H groups in total. The number of aromatic nitrogens is 2. The Morgan fingerprint density at radius 1 is 1.04 bits per heavy atom. The van der Waals surface area contributed by atoms with Gasteiger partial charge in [-0.05, 0) is 26.3 Å². The lowest BCUT2D eigenvalue weighted by Gasteiger charge is -2.34. The third-order valence-corrected chi connectivity index (χ3v) is 7.26. The second-order valence-electron chi connectivity index (χ2n) is 7.07. The average molecular weight is 391 g/mol. The molecule has 1 aromatic carbocycles. The molecule has 1 aliphatic rings. The van der Waals surface area contributed by atoms with E-state index in [1.807, 2.05) is 31.2 Å². The van der Waals surface area contributed by atoms with Crippen molar-refractivity contribution in [2.45, 2.75) is 32.1 Å². The van der Waals surface area contributed by atoms with Crippen molar-refractivity contribution in [3.05, 3.63) is 46.8 Å². The third-order valence-electron chi connectivity index (χ3n) is 5.11. The number of hydrogen-bond acceptors (Lipinski definition) is 4. The molecule has 0 atom stereocenters. The van der Waals surface area contributed by atoms with Crippen molar-refractivity contribution in [2.24, 2.45) is 7.05 Å². The summed E-state index contributed by atoms with van der Waals surface area (Å²) in [5, 5.41) is 4.21. The molecule has 3 rings (SSSR count). The van der Waals surface area contributed by atoms with Crippen molar-refractivity contribution >= 4 is 15.9 Å². The Hall–Kier alpha value is -2.19. The van der Waals surface area contributed by atoms with Crippen LogP contribution in [0.2, 0.25) is 0 Å². The Kier molecular flexibility index (Phi) is 5.39. The van der Waals surface area contributed by atoms with Crippen LogP contribution in [0.3, 0.4) is 0 Å². The number of carbonyl (C=O) groups is 1. The van der Waals surface area contributed by atoms with Gasteiger partial charge in [-0.1, -0.05) is 29.8 Å². The largest absolute Gasteiger partial charge is 0.340 e. The summed E-state index contributed by atoms with van der Waals surface area (Å²) in [5.41, 5.74) is 3.27. The van der Waals surface area contributed by atoms with E-state index in [1.165, 1.54) is 4.31 Å². The van der Waals surface area contributed by atoms with Crippen molar-refractivity contribution in [2.75, 3.05) is 26.2 Å². The Balaban J connectivity index is 1.66. The molecular formula is C19H26N4O3S. The van der Waals surface area contributed by atoms with Gasteiger partial charge in [0.25, 0.3) is 0 Å². The second kappa shape index (κ2) is 7.44. The van der Waals surface area contributed by atoms with Gasteiger partial charge in [-0.2, -0.15) is 9.40 Å². The molecule has 146 valence electrons. The maximum absolute atomic E-state index is 13.0. The van der Waals surface area contributed by atoms with E-state index in [9.17, 15) is 13.2 Å². The van der Waals surface area contributed by atoms with E-state index in [-0.39, 0.29) is 10.8 Å². The molecule has 0 unspecified atom stereocenters. The Bertz CT molecular complexity index is 940. The van der Waals surface area contributed by atoms with Crippen LogP contribution in [0.4, 0.5) is 0 Å². The Labute approximate surface area is 160 Å². The standard InChI is InChI=1S/C19H26N4O3S/c1-14-5-7-17(8-6-14)13-18(24)22-9-11-23(12-10-22)27(25,26)19-15(2)20-21(4)16(19)3/h5-8H,9-13H2,1-4H3. The molecule has 8 heteroatoms. The maximum Gasteiger partial charge on any atom is 0.246 e. The fraction of sp³-hybridized carbons (Fsp3) is 0.474. The zero-order valence-corrected chi connectivity index (χ0v) is 17.1. The SMILES string of the molecule is Cc1ccc(CC(=O)N2CCN(S(=O)(=O)c3c(C)nn(C)c3C)CC2)cc1. The lowest BCUT2D eigenvalue weighted by Crippen LogP contribution is -2.51. The molecule has 1 fully saturated rings. The topological polar surface area (TPSA) is 75.5 Å². The quantitative estimate of drug-likeness (QED) is 0.791. The van der Waals surface area contributed by atoms with Crippen LogP contribution in [-0.2, 0) is 28.3 Å². The number of nitrogens with zero attached hydrogens (tertiary/aromatic N) is 4. The highest BCUT2D eigenvalue weighted by Crippen LogP contribution is 2.24. The van der Waals surface area contributed by atoms with Crippen molar-refractivity contribution < 1.29 is 13.2 Å². The number of carbonyl (C=O) groups excluding carboxylic acids is 1. The van der Waals surface area contributed by atoms with E-state index < -0.39 is 10.0 Å². The van der Waals surface area contributed by atoms with Gasteiger partial charge < -0.3 is 4.90 Å². The summed E-state index contributed by atoms with van der Waals surface area (Å²) in [5.74, 6) is 0.0321. The number of piperazine rings is 1. The van der Waals surface area contributed by atoms with Gasteiger partial charge in [0, 0.05) is 33.2 Å². The molecule has 0 radical (unpaired) electrons. The van der Waals surface area contributed by atoms with E-state index in [0.29, 0.717) is 44.0 Å². The molecule has 0 aliphatic carbocycles. The summed E-state index contributed by atoms with van der Waals surface area (Å²) >= 11 is 0. The van der Waals surface area contributed by atoms with Crippen LogP contribution < -0.4 is 0 Å². The number of sulfonamides is 1. The minimum Gasteiger partial charge on any atom is -0.340 e. The van der Waals surface area contributed by atoms with Crippen LogP contribution >= 0.6 is 0 Å². The highest BCUT2D eigenvalue weighted by molar-refractivity contribution is 7.89. The van der Waals surface area contributed by atoms with E-state index in [4.69, 9.17) is 0 Å². The van der Waals surface area contributed by atoms with E-state index in [1.54, 1.807) is 30.5 Å². The number of hydrogen-bond donors (Lipinski definition) is 0. The van der Waals surface area contributed by atoms with E-state index >= 15 is 0 Å². The summed E-state index contributed by atoms with van der Waals surface area (Å²) in [6.45, 7) is 6.89. The predicted molar refractivity (Wildman–Crippen MR) is 103 cm³/mol. The molecule has 2 aromatic rings. The molecule has 1 saturated heterocycles. The third kappa shape index (κ3) is 3.91. The van der Waals surface area contributed by atoms with Crippen molar-refractivity contribution in [3.8, 4) is 0 Å². The lowest BCUT2D eigenvalue weighted by atomic mass is 10.1.